The van der Waals surface area contributed by atoms with Gasteiger partial charge in [-0.1, -0.05) is 68.2 Å². The zero-order valence-electron chi connectivity index (χ0n) is 34.6. The predicted molar refractivity (Wildman–Crippen MR) is 229 cm³/mol. The zero-order valence-corrected chi connectivity index (χ0v) is 34.6. The molecule has 9 heteroatoms. The van der Waals surface area contributed by atoms with Crippen molar-refractivity contribution in [3.63, 3.8) is 0 Å². The molecular weight excluding hydrogens is 727 g/mol. The molecule has 5 aliphatic rings. The maximum absolute atomic E-state index is 13.7. The molecule has 0 radical (unpaired) electrons. The van der Waals surface area contributed by atoms with Crippen LogP contribution in [0.2, 0.25) is 0 Å². The lowest BCUT2D eigenvalue weighted by molar-refractivity contribution is -0.114. The fraction of sp³-hybridized carbons (Fsp3) is 0.592. The highest BCUT2D eigenvalue weighted by molar-refractivity contribution is 5.90. The molecule has 2 aromatic carbocycles. The van der Waals surface area contributed by atoms with Gasteiger partial charge in [-0.2, -0.15) is 0 Å². The van der Waals surface area contributed by atoms with Gasteiger partial charge in [-0.05, 0) is 135 Å². The number of allylic oxidation sites excluding steroid dienone is 3. The van der Waals surface area contributed by atoms with Gasteiger partial charge in [-0.3, -0.25) is 4.79 Å². The molecule has 7 N–H and O–H groups in total. The molecule has 0 heterocycles. The molecule has 5 aliphatic carbocycles. The number of fused-ring (bicyclic) bond motifs is 6. The van der Waals surface area contributed by atoms with Crippen LogP contribution in [0.3, 0.4) is 0 Å². The Labute approximate surface area is 345 Å². The van der Waals surface area contributed by atoms with E-state index in [2.05, 4.69) is 35.9 Å². The summed E-state index contributed by atoms with van der Waals surface area (Å²) in [4.78, 5) is 18.4. The minimum absolute atomic E-state index is 0.000345. The lowest BCUT2D eigenvalue weighted by atomic mass is 9.55. The Morgan fingerprint density at radius 2 is 1.79 bits per heavy atom. The van der Waals surface area contributed by atoms with E-state index >= 15 is 0 Å². The number of benzene rings is 2. The first-order chi connectivity index (χ1) is 28.1. The van der Waals surface area contributed by atoms with Crippen molar-refractivity contribution in [2.45, 2.75) is 134 Å². The third-order valence-corrected chi connectivity index (χ3v) is 13.9. The minimum atomic E-state index is -0.255. The molecule has 2 aromatic rings. The molecule has 0 amide bonds. The smallest absolute Gasteiger partial charge is 0.186 e. The number of rotatable bonds is 14. The molecule has 9 nitrogen and oxygen atoms in total. The number of hydrogen-bond donors (Lipinski definition) is 5. The van der Waals surface area contributed by atoms with E-state index in [4.69, 9.17) is 20.9 Å². The second-order valence-corrected chi connectivity index (χ2v) is 18.1. The Hall–Kier alpha value is -4.26. The van der Waals surface area contributed by atoms with Crippen molar-refractivity contribution in [2.75, 3.05) is 20.3 Å². The topological polar surface area (TPSA) is 161 Å². The van der Waals surface area contributed by atoms with Gasteiger partial charge in [0.25, 0.3) is 0 Å². The molecule has 2 bridgehead atoms. The van der Waals surface area contributed by atoms with Gasteiger partial charge in [0.2, 0.25) is 0 Å². The number of phenols is 2. The van der Waals surface area contributed by atoms with Gasteiger partial charge in [0.15, 0.2) is 23.2 Å². The number of carbonyl (C=O) groups is 1. The molecule has 3 fully saturated rings. The second-order valence-electron chi connectivity index (χ2n) is 18.1. The number of aliphatic hydroxyl groups excluding tert-OH is 1. The lowest BCUT2D eigenvalue weighted by Crippen LogP contribution is -2.41. The SMILES string of the molecule is COC[C@@H]1[C@H]2c3c(O)c(OC4CCCC4)cc(CCC(=O)C=C(CO)CCC4CCCC4)c3C#CC[C@H](N=C(N)N)C[C@@H]1C=C1[C@H]2C[C@@H](C)C[C@@H]1c1cccc(O)c1. The van der Waals surface area contributed by atoms with E-state index in [1.807, 2.05) is 18.2 Å². The average Bonchev–Trinajstić information content (AvgIpc) is 3.92. The number of aromatic hydroxyl groups is 2. The highest BCUT2D eigenvalue weighted by atomic mass is 16.5. The number of methoxy groups -OCH3 is 1. The predicted octanol–water partition coefficient (Wildman–Crippen LogP) is 8.33. The Morgan fingerprint density at radius 1 is 1.02 bits per heavy atom. The summed E-state index contributed by atoms with van der Waals surface area (Å²) in [6.45, 7) is 2.65. The van der Waals surface area contributed by atoms with Crippen molar-refractivity contribution in [2.24, 2.45) is 46.0 Å². The van der Waals surface area contributed by atoms with E-state index in [9.17, 15) is 20.1 Å². The van der Waals surface area contributed by atoms with Crippen LogP contribution in [0.15, 0.2) is 58.6 Å². The molecular formula is C49H65N3O6. The number of nitrogens with two attached hydrogens (primary N) is 2. The molecule has 0 saturated heterocycles. The third-order valence-electron chi connectivity index (χ3n) is 13.9. The number of aryl methyl sites for hydroxylation is 1. The van der Waals surface area contributed by atoms with Gasteiger partial charge in [-0.15, -0.1) is 0 Å². The van der Waals surface area contributed by atoms with Gasteiger partial charge >= 0.3 is 0 Å². The number of ether oxygens (including phenoxy) is 2. The normalized spacial score (nSPS) is 27.5. The van der Waals surface area contributed by atoms with Gasteiger partial charge in [0, 0.05) is 42.9 Å². The van der Waals surface area contributed by atoms with Crippen molar-refractivity contribution >= 4 is 11.7 Å². The van der Waals surface area contributed by atoms with Gasteiger partial charge in [-0.25, -0.2) is 4.99 Å². The molecule has 312 valence electrons. The number of nitrogens with zero attached hydrogens (tertiary/aromatic N) is 1. The number of guanidine groups is 1. The van der Waals surface area contributed by atoms with Crippen molar-refractivity contribution in [1.29, 1.82) is 0 Å². The summed E-state index contributed by atoms with van der Waals surface area (Å²) in [6.07, 6.45) is 18.5. The van der Waals surface area contributed by atoms with Crippen molar-refractivity contribution in [1.82, 2.24) is 0 Å². The van der Waals surface area contributed by atoms with Crippen LogP contribution < -0.4 is 16.2 Å². The van der Waals surface area contributed by atoms with Crippen LogP contribution in [0.5, 0.6) is 17.2 Å². The number of phenolic OH excluding ortho intramolecular Hbond substituents is 2. The van der Waals surface area contributed by atoms with E-state index in [1.165, 1.54) is 31.3 Å². The summed E-state index contributed by atoms with van der Waals surface area (Å²) < 4.78 is 12.8. The summed E-state index contributed by atoms with van der Waals surface area (Å²) in [5, 5.41) is 33.5. The van der Waals surface area contributed by atoms with Crippen LogP contribution in [-0.2, 0) is 16.0 Å². The maximum Gasteiger partial charge on any atom is 0.186 e. The Balaban J connectivity index is 1.36. The zero-order chi connectivity index (χ0) is 40.8. The van der Waals surface area contributed by atoms with E-state index in [0.717, 1.165) is 79.2 Å². The van der Waals surface area contributed by atoms with Crippen molar-refractivity contribution in [3.8, 4) is 29.1 Å². The molecule has 0 aromatic heterocycles. The minimum Gasteiger partial charge on any atom is -0.508 e. The molecule has 3 saturated carbocycles. The lowest BCUT2D eigenvalue weighted by Gasteiger charge is -2.49. The van der Waals surface area contributed by atoms with Gasteiger partial charge < -0.3 is 36.3 Å². The molecule has 58 heavy (non-hydrogen) atoms. The number of aliphatic hydroxyl groups is 1. The first kappa shape index (κ1) is 41.9. The molecule has 0 aliphatic heterocycles. The fourth-order valence-electron chi connectivity index (χ4n) is 11.2. The fourth-order valence-corrected chi connectivity index (χ4v) is 11.2. The van der Waals surface area contributed by atoms with Crippen LogP contribution in [0.4, 0.5) is 0 Å². The number of aliphatic imine (C=N–C) groups is 1. The van der Waals surface area contributed by atoms with Crippen LogP contribution >= 0.6 is 0 Å². The van der Waals surface area contributed by atoms with Crippen LogP contribution in [-0.4, -0.2) is 59.5 Å². The third kappa shape index (κ3) is 9.77. The summed E-state index contributed by atoms with van der Waals surface area (Å²) >= 11 is 0. The molecule has 7 rings (SSSR count). The Morgan fingerprint density at radius 3 is 2.52 bits per heavy atom. The van der Waals surface area contributed by atoms with Crippen molar-refractivity contribution < 1.29 is 29.6 Å². The van der Waals surface area contributed by atoms with E-state index in [-0.39, 0.29) is 78.0 Å². The second kappa shape index (κ2) is 19.2. The summed E-state index contributed by atoms with van der Waals surface area (Å²) in [5.41, 5.74) is 17.7. The standard InChI is InChI=1S/C49H65N3O6/c1-30-21-41(33-11-7-13-37(54)25-33)42-26-35-24-36(52-49(50)51)12-8-16-40-34(19-20-38(55)23-32(28-53)18-17-31-9-3-4-10-31)27-45(58-39-14-5-6-15-39)48(56)47(40)46(43(42)22-30)44(35)29-57-2/h7,11,13,23,25-27,30-31,35-36,39,41,43-44,46,53-54,56H,3-6,9-10,12,14-15,17-22,24,28-29H2,1-2H3,(H4,50,51,52)/t30-,35+,36-,41+,43+,44-,46-/m0/s1. The highest BCUT2D eigenvalue weighted by Gasteiger charge is 2.48. The van der Waals surface area contributed by atoms with Crippen molar-refractivity contribution in [3.05, 3.63) is 75.9 Å². The largest absolute Gasteiger partial charge is 0.508 e. The average molecular weight is 792 g/mol. The van der Waals surface area contributed by atoms with Gasteiger partial charge in [0.05, 0.1) is 25.4 Å². The summed E-state index contributed by atoms with van der Waals surface area (Å²) in [6, 6.07) is 9.32. The van der Waals surface area contributed by atoms with Crippen LogP contribution in [0, 0.1) is 41.4 Å². The number of ketones is 1. The maximum atomic E-state index is 13.7. The Bertz CT molecular complexity index is 1930. The number of hydrogen-bond acceptors (Lipinski definition) is 7. The van der Waals surface area contributed by atoms with Crippen LogP contribution in [0.1, 0.15) is 137 Å². The monoisotopic (exact) mass is 791 g/mol. The molecule has 0 unspecified atom stereocenters. The van der Waals surface area contributed by atoms with E-state index in [1.54, 1.807) is 19.3 Å². The summed E-state index contributed by atoms with van der Waals surface area (Å²) in [5.74, 6) is 8.76. The highest BCUT2D eigenvalue weighted by Crippen LogP contribution is 2.59. The number of carbonyl (C=O) groups excluding carboxylic acids is 1. The van der Waals surface area contributed by atoms with Crippen LogP contribution in [0.25, 0.3) is 0 Å². The first-order valence-electron chi connectivity index (χ1n) is 22.1. The molecule has 7 atom stereocenters. The first-order valence-corrected chi connectivity index (χ1v) is 22.1. The quantitative estimate of drug-likeness (QED) is 0.0420. The van der Waals surface area contributed by atoms with E-state index in [0.29, 0.717) is 43.5 Å². The molecule has 0 spiro atoms. The Kier molecular flexibility index (Phi) is 13.9. The van der Waals surface area contributed by atoms with Gasteiger partial charge in [0.1, 0.15) is 5.75 Å². The van der Waals surface area contributed by atoms with E-state index < -0.39 is 0 Å². The summed E-state index contributed by atoms with van der Waals surface area (Å²) in [7, 11) is 1.74.